The third-order valence-electron chi connectivity index (χ3n) is 8.32. The van der Waals surface area contributed by atoms with Crippen molar-refractivity contribution < 1.29 is 9.52 Å². The number of nitrogens with zero attached hydrogens (tertiary/aromatic N) is 3. The number of fused-ring (bicyclic) bond motifs is 6. The van der Waals surface area contributed by atoms with Crippen molar-refractivity contribution >= 4 is 43.9 Å². The molecule has 0 amide bonds. The van der Waals surface area contributed by atoms with Gasteiger partial charge in [0.25, 0.3) is 0 Å². The average Bonchev–Trinajstić information content (AvgIpc) is 3.56. The molecule has 0 bridgehead atoms. The summed E-state index contributed by atoms with van der Waals surface area (Å²) < 4.78 is 8.62. The first-order chi connectivity index (χ1) is 20.9. The predicted molar refractivity (Wildman–Crippen MR) is 175 cm³/mol. The van der Waals surface area contributed by atoms with Crippen LogP contribution >= 0.6 is 0 Å². The summed E-state index contributed by atoms with van der Waals surface area (Å²) in [4.78, 5) is 10.1. The van der Waals surface area contributed by atoms with E-state index in [1.54, 1.807) is 6.07 Å². The van der Waals surface area contributed by atoms with Gasteiger partial charge < -0.3 is 9.52 Å². The molecular formula is C38H29N3O2. The molecule has 0 fully saturated rings. The summed E-state index contributed by atoms with van der Waals surface area (Å²) in [5.41, 5.74) is 7.88. The SMILES string of the molecule is CC(C)(C)c1ccc(O)c(-c2cccc(-c3nc(-n4c5ccccc5c5cccnc54)cc4c3oc3ccccc34)c2)c1. The van der Waals surface area contributed by atoms with E-state index < -0.39 is 0 Å². The molecule has 43 heavy (non-hydrogen) atoms. The summed E-state index contributed by atoms with van der Waals surface area (Å²) in [6.45, 7) is 6.53. The summed E-state index contributed by atoms with van der Waals surface area (Å²) in [6, 6.07) is 36.7. The normalized spacial score (nSPS) is 12.2. The van der Waals surface area contributed by atoms with Crippen LogP contribution in [0.25, 0.3) is 72.1 Å². The highest BCUT2D eigenvalue weighted by atomic mass is 16.3. The van der Waals surface area contributed by atoms with E-state index in [9.17, 15) is 5.11 Å². The first-order valence-corrected chi connectivity index (χ1v) is 14.5. The standard InChI is InChI=1S/C38H29N3O2/c1-38(2,3)25-17-18-32(42)29(21-25)23-10-8-11-24(20-23)35-36-30(27-13-5-7-16-33(27)43-36)22-34(40-35)41-31-15-6-4-12-26(31)28-14-9-19-39-37(28)41/h4-22,42H,1-3H3. The summed E-state index contributed by atoms with van der Waals surface area (Å²) in [5, 5.41) is 15.1. The molecular weight excluding hydrogens is 530 g/mol. The van der Waals surface area contributed by atoms with Gasteiger partial charge in [-0.3, -0.25) is 4.57 Å². The molecule has 0 radical (unpaired) electrons. The number of phenols is 1. The summed E-state index contributed by atoms with van der Waals surface area (Å²) in [6.07, 6.45) is 1.83. The van der Waals surface area contributed by atoms with Gasteiger partial charge in [0.15, 0.2) is 5.58 Å². The fraction of sp³-hybridized carbons (Fsp3) is 0.105. The Morgan fingerprint density at radius 1 is 0.698 bits per heavy atom. The number of rotatable bonds is 3. The first-order valence-electron chi connectivity index (χ1n) is 14.5. The van der Waals surface area contributed by atoms with Gasteiger partial charge in [-0.15, -0.1) is 0 Å². The van der Waals surface area contributed by atoms with Crippen LogP contribution in [-0.2, 0) is 5.41 Å². The maximum absolute atomic E-state index is 10.9. The molecule has 0 saturated heterocycles. The third-order valence-corrected chi connectivity index (χ3v) is 8.32. The quantitative estimate of drug-likeness (QED) is 0.234. The smallest absolute Gasteiger partial charge is 0.161 e. The molecule has 0 saturated carbocycles. The van der Waals surface area contributed by atoms with E-state index in [-0.39, 0.29) is 11.2 Å². The highest BCUT2D eigenvalue weighted by Crippen LogP contribution is 2.40. The van der Waals surface area contributed by atoms with Crippen LogP contribution in [0.1, 0.15) is 26.3 Å². The van der Waals surface area contributed by atoms with Crippen LogP contribution in [0.2, 0.25) is 0 Å². The second-order valence-electron chi connectivity index (χ2n) is 12.1. The summed E-state index contributed by atoms with van der Waals surface area (Å²) in [5.74, 6) is 1.01. The molecule has 0 aliphatic rings. The molecule has 5 heteroatoms. The predicted octanol–water partition coefficient (Wildman–Crippen LogP) is 9.81. The third kappa shape index (κ3) is 4.00. The molecule has 0 unspecified atom stereocenters. The van der Waals surface area contributed by atoms with Gasteiger partial charge in [-0.1, -0.05) is 81.4 Å². The molecule has 4 heterocycles. The van der Waals surface area contributed by atoms with Gasteiger partial charge in [0.2, 0.25) is 0 Å². The lowest BCUT2D eigenvalue weighted by Gasteiger charge is -2.20. The lowest BCUT2D eigenvalue weighted by molar-refractivity contribution is 0.476. The molecule has 0 aliphatic carbocycles. The van der Waals surface area contributed by atoms with E-state index in [0.29, 0.717) is 0 Å². The number of aromatic nitrogens is 3. The highest BCUT2D eigenvalue weighted by Gasteiger charge is 2.21. The zero-order valence-electron chi connectivity index (χ0n) is 24.2. The fourth-order valence-corrected chi connectivity index (χ4v) is 6.12. The van der Waals surface area contributed by atoms with Gasteiger partial charge in [-0.2, -0.15) is 0 Å². The molecule has 4 aromatic heterocycles. The van der Waals surface area contributed by atoms with Crippen LogP contribution in [0.15, 0.2) is 120 Å². The number of para-hydroxylation sites is 2. The average molecular weight is 560 g/mol. The Balaban J connectivity index is 1.42. The van der Waals surface area contributed by atoms with Crippen molar-refractivity contribution in [1.29, 1.82) is 0 Å². The molecule has 0 atom stereocenters. The minimum absolute atomic E-state index is 0.0489. The van der Waals surface area contributed by atoms with E-state index in [1.807, 2.05) is 54.7 Å². The van der Waals surface area contributed by atoms with Crippen LogP contribution < -0.4 is 0 Å². The van der Waals surface area contributed by atoms with Crippen molar-refractivity contribution in [3.63, 3.8) is 0 Å². The van der Waals surface area contributed by atoms with E-state index in [4.69, 9.17) is 14.4 Å². The number of aromatic hydroxyl groups is 1. The number of pyridine rings is 2. The fourth-order valence-electron chi connectivity index (χ4n) is 6.12. The van der Waals surface area contributed by atoms with Crippen LogP contribution in [0.5, 0.6) is 5.75 Å². The molecule has 8 rings (SSSR count). The minimum atomic E-state index is -0.0489. The summed E-state index contributed by atoms with van der Waals surface area (Å²) >= 11 is 0. The zero-order valence-corrected chi connectivity index (χ0v) is 24.2. The molecule has 1 N–H and O–H groups in total. The van der Waals surface area contributed by atoms with Gasteiger partial charge in [0, 0.05) is 38.9 Å². The number of hydrogen-bond donors (Lipinski definition) is 1. The Morgan fingerprint density at radius 2 is 1.47 bits per heavy atom. The van der Waals surface area contributed by atoms with Gasteiger partial charge >= 0.3 is 0 Å². The maximum atomic E-state index is 10.9. The van der Waals surface area contributed by atoms with Crippen molar-refractivity contribution in [2.75, 3.05) is 0 Å². The lowest BCUT2D eigenvalue weighted by atomic mass is 9.85. The van der Waals surface area contributed by atoms with Gasteiger partial charge in [0.05, 0.1) is 5.52 Å². The van der Waals surface area contributed by atoms with Crippen LogP contribution in [-0.4, -0.2) is 19.6 Å². The van der Waals surface area contributed by atoms with E-state index in [1.165, 1.54) is 0 Å². The molecule has 8 aromatic rings. The zero-order chi connectivity index (χ0) is 29.3. The number of furan rings is 1. The maximum Gasteiger partial charge on any atom is 0.161 e. The molecule has 0 spiro atoms. The topological polar surface area (TPSA) is 64.1 Å². The van der Waals surface area contributed by atoms with Gasteiger partial charge in [-0.05, 0) is 65.1 Å². The van der Waals surface area contributed by atoms with Crippen molar-refractivity contribution in [1.82, 2.24) is 14.5 Å². The lowest BCUT2D eigenvalue weighted by Crippen LogP contribution is -2.10. The second-order valence-corrected chi connectivity index (χ2v) is 12.1. The van der Waals surface area contributed by atoms with Crippen LogP contribution in [0.3, 0.4) is 0 Å². The Labute approximate surface area is 248 Å². The van der Waals surface area contributed by atoms with Crippen LogP contribution in [0.4, 0.5) is 0 Å². The van der Waals surface area contributed by atoms with Crippen molar-refractivity contribution in [3.05, 3.63) is 121 Å². The second kappa shape index (κ2) is 9.30. The van der Waals surface area contributed by atoms with Crippen LogP contribution in [0, 0.1) is 0 Å². The highest BCUT2D eigenvalue weighted by molar-refractivity contribution is 6.11. The van der Waals surface area contributed by atoms with Gasteiger partial charge in [-0.25, -0.2) is 9.97 Å². The number of hydrogen-bond acceptors (Lipinski definition) is 4. The number of benzene rings is 4. The molecule has 208 valence electrons. The van der Waals surface area contributed by atoms with E-state index in [0.717, 1.165) is 77.6 Å². The Kier molecular flexibility index (Phi) is 5.47. The first kappa shape index (κ1) is 25.3. The summed E-state index contributed by atoms with van der Waals surface area (Å²) in [7, 11) is 0. The number of phenolic OH excluding ortho intramolecular Hbond substituents is 1. The monoisotopic (exact) mass is 559 g/mol. The molecule has 4 aromatic carbocycles. The Bertz CT molecular complexity index is 2300. The van der Waals surface area contributed by atoms with Gasteiger partial charge in [0.1, 0.15) is 28.5 Å². The van der Waals surface area contributed by atoms with E-state index >= 15 is 0 Å². The minimum Gasteiger partial charge on any atom is -0.507 e. The Morgan fingerprint density at radius 3 is 2.33 bits per heavy atom. The Hall–Kier alpha value is -5.42. The largest absolute Gasteiger partial charge is 0.507 e. The molecule has 5 nitrogen and oxygen atoms in total. The van der Waals surface area contributed by atoms with Crippen molar-refractivity contribution in [3.8, 4) is 34.0 Å². The van der Waals surface area contributed by atoms with Crippen molar-refractivity contribution in [2.45, 2.75) is 26.2 Å². The van der Waals surface area contributed by atoms with Crippen molar-refractivity contribution in [2.24, 2.45) is 0 Å². The molecule has 0 aliphatic heterocycles. The van der Waals surface area contributed by atoms with E-state index in [2.05, 4.69) is 79.9 Å².